The summed E-state index contributed by atoms with van der Waals surface area (Å²) in [5.74, 6) is 0.678. The number of carbonyl (C=O) groups excluding carboxylic acids is 1. The monoisotopic (exact) mass is 375 g/mol. The van der Waals surface area contributed by atoms with Crippen LogP contribution < -0.4 is 0 Å². The van der Waals surface area contributed by atoms with E-state index in [0.717, 1.165) is 11.8 Å². The predicted molar refractivity (Wildman–Crippen MR) is 90.1 cm³/mol. The molecular formula is C14H15ClFN3O2S2. The minimum atomic E-state index is -0.427. The molecule has 1 aromatic heterocycles. The Morgan fingerprint density at radius 2 is 2.22 bits per heavy atom. The van der Waals surface area contributed by atoms with Crippen molar-refractivity contribution in [1.82, 2.24) is 15.1 Å². The fraction of sp³-hybridized carbons (Fsp3) is 0.357. The Balaban J connectivity index is 1.89. The summed E-state index contributed by atoms with van der Waals surface area (Å²) in [6.07, 6.45) is 1.93. The van der Waals surface area contributed by atoms with Gasteiger partial charge < -0.3 is 9.32 Å². The van der Waals surface area contributed by atoms with Crippen LogP contribution in [-0.4, -0.2) is 40.1 Å². The standard InChI is InChI=1S/C14H15ClFN3O2S2/c1-19(6-9-10(15)4-3-5-11(9)16)13(20)8-23-14-18-17-12(21-14)7-22-2/h3-5H,6-8H2,1-2H3. The van der Waals surface area contributed by atoms with Crippen molar-refractivity contribution in [3.8, 4) is 0 Å². The molecule has 0 saturated heterocycles. The minimum Gasteiger partial charge on any atom is -0.415 e. The summed E-state index contributed by atoms with van der Waals surface area (Å²) in [6.45, 7) is 0.104. The zero-order valence-electron chi connectivity index (χ0n) is 12.6. The summed E-state index contributed by atoms with van der Waals surface area (Å²) in [6, 6.07) is 4.44. The summed E-state index contributed by atoms with van der Waals surface area (Å²) in [5.41, 5.74) is 0.301. The molecule has 1 heterocycles. The highest BCUT2D eigenvalue weighted by atomic mass is 35.5. The molecule has 0 bridgehead atoms. The van der Waals surface area contributed by atoms with Crippen molar-refractivity contribution in [3.63, 3.8) is 0 Å². The average Bonchev–Trinajstić information content (AvgIpc) is 2.96. The molecule has 124 valence electrons. The highest BCUT2D eigenvalue weighted by Gasteiger charge is 2.16. The number of rotatable bonds is 7. The van der Waals surface area contributed by atoms with Crippen LogP contribution in [-0.2, 0) is 17.1 Å². The maximum atomic E-state index is 13.7. The summed E-state index contributed by atoms with van der Waals surface area (Å²) >= 11 is 8.69. The van der Waals surface area contributed by atoms with E-state index in [1.54, 1.807) is 24.9 Å². The largest absolute Gasteiger partial charge is 0.415 e. The lowest BCUT2D eigenvalue weighted by Gasteiger charge is -2.17. The van der Waals surface area contributed by atoms with Crippen LogP contribution in [0.2, 0.25) is 5.02 Å². The van der Waals surface area contributed by atoms with Crippen LogP contribution in [0.15, 0.2) is 27.8 Å². The first-order valence-electron chi connectivity index (χ1n) is 6.62. The zero-order valence-corrected chi connectivity index (χ0v) is 15.0. The van der Waals surface area contributed by atoms with Gasteiger partial charge in [0.2, 0.25) is 11.8 Å². The molecule has 2 aromatic rings. The number of nitrogens with zero attached hydrogens (tertiary/aromatic N) is 3. The Labute approximate surface area is 147 Å². The molecule has 0 aliphatic heterocycles. The van der Waals surface area contributed by atoms with Crippen LogP contribution in [0.25, 0.3) is 0 Å². The number of halogens is 2. The molecule has 0 atom stereocenters. The molecule has 0 aliphatic carbocycles. The highest BCUT2D eigenvalue weighted by Crippen LogP contribution is 2.22. The molecule has 0 spiro atoms. The number of aromatic nitrogens is 2. The van der Waals surface area contributed by atoms with Crippen molar-refractivity contribution in [2.45, 2.75) is 17.5 Å². The summed E-state index contributed by atoms with van der Waals surface area (Å²) in [7, 11) is 1.60. The van der Waals surface area contributed by atoms with Crippen molar-refractivity contribution in [1.29, 1.82) is 0 Å². The Bertz CT molecular complexity index is 664. The molecule has 0 N–H and O–H groups in total. The minimum absolute atomic E-state index is 0.104. The van der Waals surface area contributed by atoms with Gasteiger partial charge >= 0.3 is 0 Å². The lowest BCUT2D eigenvalue weighted by molar-refractivity contribution is -0.127. The molecule has 1 aromatic carbocycles. The van der Waals surface area contributed by atoms with Gasteiger partial charge in [-0.2, -0.15) is 11.8 Å². The topological polar surface area (TPSA) is 59.2 Å². The SMILES string of the molecule is CSCc1nnc(SCC(=O)N(C)Cc2c(F)cccc2Cl)o1. The fourth-order valence-corrected chi connectivity index (χ4v) is 3.03. The molecule has 5 nitrogen and oxygen atoms in total. The molecule has 0 fully saturated rings. The molecule has 0 radical (unpaired) electrons. The van der Waals surface area contributed by atoms with Gasteiger partial charge in [-0.15, -0.1) is 10.2 Å². The van der Waals surface area contributed by atoms with Crippen LogP contribution in [0, 0.1) is 5.82 Å². The van der Waals surface area contributed by atoms with Gasteiger partial charge in [0, 0.05) is 24.2 Å². The van der Waals surface area contributed by atoms with E-state index in [9.17, 15) is 9.18 Å². The molecule has 2 rings (SSSR count). The Morgan fingerprint density at radius 1 is 1.43 bits per heavy atom. The third kappa shape index (κ3) is 5.12. The number of carbonyl (C=O) groups is 1. The van der Waals surface area contributed by atoms with Crippen molar-refractivity contribution in [3.05, 3.63) is 40.5 Å². The second-order valence-corrected chi connectivity index (χ2v) is 6.83. The first-order chi connectivity index (χ1) is 11.0. The maximum absolute atomic E-state index is 13.7. The lowest BCUT2D eigenvalue weighted by atomic mass is 10.2. The number of benzene rings is 1. The Kier molecular flexibility index (Phi) is 6.73. The van der Waals surface area contributed by atoms with Gasteiger partial charge in [0.15, 0.2) is 0 Å². The predicted octanol–water partition coefficient (Wildman–Crippen LogP) is 3.48. The van der Waals surface area contributed by atoms with E-state index in [1.807, 2.05) is 6.26 Å². The Hall–Kier alpha value is -1.25. The smallest absolute Gasteiger partial charge is 0.277 e. The number of hydrogen-bond acceptors (Lipinski definition) is 6. The summed E-state index contributed by atoms with van der Waals surface area (Å²) < 4.78 is 19.1. The van der Waals surface area contributed by atoms with E-state index in [-0.39, 0.29) is 18.2 Å². The van der Waals surface area contributed by atoms with Gasteiger partial charge in [0.25, 0.3) is 5.22 Å². The van der Waals surface area contributed by atoms with Crippen LogP contribution in [0.4, 0.5) is 4.39 Å². The van der Waals surface area contributed by atoms with Gasteiger partial charge in [-0.1, -0.05) is 29.4 Å². The molecule has 0 unspecified atom stereocenters. The summed E-state index contributed by atoms with van der Waals surface area (Å²) in [4.78, 5) is 13.5. The molecule has 1 amide bonds. The quantitative estimate of drug-likeness (QED) is 0.690. The van der Waals surface area contributed by atoms with Gasteiger partial charge in [0.05, 0.1) is 11.5 Å². The summed E-state index contributed by atoms with van der Waals surface area (Å²) in [5, 5.41) is 8.38. The van der Waals surface area contributed by atoms with Crippen LogP contribution >= 0.6 is 35.1 Å². The first-order valence-corrected chi connectivity index (χ1v) is 9.38. The molecule has 23 heavy (non-hydrogen) atoms. The molecule has 9 heteroatoms. The van der Waals surface area contributed by atoms with Crippen LogP contribution in [0.5, 0.6) is 0 Å². The normalized spacial score (nSPS) is 10.8. The van der Waals surface area contributed by atoms with Crippen molar-refractivity contribution >= 4 is 41.0 Å². The van der Waals surface area contributed by atoms with Crippen molar-refractivity contribution in [2.75, 3.05) is 19.1 Å². The average molecular weight is 376 g/mol. The molecule has 0 aliphatic rings. The maximum Gasteiger partial charge on any atom is 0.277 e. The van der Waals surface area contributed by atoms with E-state index in [2.05, 4.69) is 10.2 Å². The Morgan fingerprint density at radius 3 is 2.91 bits per heavy atom. The van der Waals surface area contributed by atoms with E-state index in [0.29, 0.717) is 27.5 Å². The number of amides is 1. The number of thioether (sulfide) groups is 2. The van der Waals surface area contributed by atoms with Crippen molar-refractivity contribution < 1.29 is 13.6 Å². The molecular weight excluding hydrogens is 361 g/mol. The van der Waals surface area contributed by atoms with Gasteiger partial charge in [0.1, 0.15) is 5.82 Å². The first kappa shape index (κ1) is 18.1. The second kappa shape index (κ2) is 8.56. The van der Waals surface area contributed by atoms with E-state index in [4.69, 9.17) is 16.0 Å². The van der Waals surface area contributed by atoms with E-state index in [1.165, 1.54) is 17.0 Å². The van der Waals surface area contributed by atoms with Crippen LogP contribution in [0.3, 0.4) is 0 Å². The van der Waals surface area contributed by atoms with Gasteiger partial charge in [-0.25, -0.2) is 4.39 Å². The van der Waals surface area contributed by atoms with Gasteiger partial charge in [-0.3, -0.25) is 4.79 Å². The van der Waals surface area contributed by atoms with Crippen LogP contribution in [0.1, 0.15) is 11.5 Å². The lowest BCUT2D eigenvalue weighted by Crippen LogP contribution is -2.28. The van der Waals surface area contributed by atoms with E-state index < -0.39 is 5.82 Å². The second-order valence-electron chi connectivity index (χ2n) is 4.63. The third-order valence-corrected chi connectivity index (χ3v) is 4.61. The van der Waals surface area contributed by atoms with E-state index >= 15 is 0 Å². The highest BCUT2D eigenvalue weighted by molar-refractivity contribution is 7.99. The number of hydrogen-bond donors (Lipinski definition) is 0. The molecule has 0 saturated carbocycles. The van der Waals surface area contributed by atoms with Gasteiger partial charge in [-0.05, 0) is 18.4 Å². The fourth-order valence-electron chi connectivity index (χ4n) is 1.72. The van der Waals surface area contributed by atoms with Crippen molar-refractivity contribution in [2.24, 2.45) is 0 Å². The zero-order chi connectivity index (χ0) is 16.8. The third-order valence-electron chi connectivity index (χ3n) is 2.92.